The van der Waals surface area contributed by atoms with Gasteiger partial charge < -0.3 is 10.1 Å². The van der Waals surface area contributed by atoms with Gasteiger partial charge in [-0.1, -0.05) is 20.8 Å². The van der Waals surface area contributed by atoms with Crippen LogP contribution in [0.3, 0.4) is 0 Å². The lowest BCUT2D eigenvalue weighted by molar-refractivity contribution is -0.141. The standard InChI is InChI=1S/C8H17NO2S.C2H6.H2/c1-3-4-9-7-8(10)11-5-6-12-2;1-2;/h9H,3-7H2,1-2H3;1-2H3;1H. The molecule has 0 aliphatic rings. The van der Waals surface area contributed by atoms with Gasteiger partial charge in [-0.25, -0.2) is 0 Å². The lowest BCUT2D eigenvalue weighted by Crippen LogP contribution is -2.25. The summed E-state index contributed by atoms with van der Waals surface area (Å²) in [6.07, 6.45) is 3.03. The number of esters is 1. The highest BCUT2D eigenvalue weighted by atomic mass is 32.2. The van der Waals surface area contributed by atoms with Gasteiger partial charge in [0.2, 0.25) is 0 Å². The van der Waals surface area contributed by atoms with Crippen LogP contribution in [0, 0.1) is 0 Å². The molecule has 0 heterocycles. The average molecular weight is 223 g/mol. The van der Waals surface area contributed by atoms with Crippen LogP contribution in [-0.2, 0) is 9.53 Å². The predicted octanol–water partition coefficient (Wildman–Crippen LogP) is 2.16. The van der Waals surface area contributed by atoms with E-state index in [4.69, 9.17) is 4.74 Å². The molecule has 0 rings (SSSR count). The molecule has 0 atom stereocenters. The molecule has 0 aromatic heterocycles. The minimum absolute atomic E-state index is 0. The van der Waals surface area contributed by atoms with Crippen molar-refractivity contribution in [3.63, 3.8) is 0 Å². The molecule has 0 radical (unpaired) electrons. The molecule has 1 N–H and O–H groups in total. The zero-order chi connectivity index (χ0) is 11.2. The van der Waals surface area contributed by atoms with Crippen molar-refractivity contribution in [2.24, 2.45) is 0 Å². The molecule has 0 aliphatic heterocycles. The van der Waals surface area contributed by atoms with Crippen molar-refractivity contribution in [2.45, 2.75) is 27.2 Å². The highest BCUT2D eigenvalue weighted by Crippen LogP contribution is 1.90. The van der Waals surface area contributed by atoms with Gasteiger partial charge in [0.15, 0.2) is 0 Å². The van der Waals surface area contributed by atoms with Crippen molar-refractivity contribution in [2.75, 3.05) is 31.7 Å². The molecule has 0 saturated carbocycles. The molecule has 0 aliphatic carbocycles. The van der Waals surface area contributed by atoms with Crippen LogP contribution in [0.2, 0.25) is 0 Å². The Hall–Kier alpha value is -0.220. The average Bonchev–Trinajstić information content (AvgIpc) is 2.22. The van der Waals surface area contributed by atoms with Gasteiger partial charge in [0.25, 0.3) is 0 Å². The second-order valence-corrected chi connectivity index (χ2v) is 3.38. The Morgan fingerprint density at radius 2 is 2.14 bits per heavy atom. The predicted molar refractivity (Wildman–Crippen MR) is 66.0 cm³/mol. The Labute approximate surface area is 93.5 Å². The number of thioether (sulfide) groups is 1. The zero-order valence-corrected chi connectivity index (χ0v) is 10.6. The monoisotopic (exact) mass is 223 g/mol. The Balaban J connectivity index is -0.000000449. The van der Waals surface area contributed by atoms with Crippen molar-refractivity contribution in [1.82, 2.24) is 5.32 Å². The summed E-state index contributed by atoms with van der Waals surface area (Å²) in [6.45, 7) is 7.79. The van der Waals surface area contributed by atoms with E-state index in [-0.39, 0.29) is 7.40 Å². The van der Waals surface area contributed by atoms with Gasteiger partial charge in [-0.05, 0) is 19.2 Å². The Bertz CT molecular complexity index is 114. The smallest absolute Gasteiger partial charge is 0.319 e. The van der Waals surface area contributed by atoms with Gasteiger partial charge in [0, 0.05) is 7.18 Å². The van der Waals surface area contributed by atoms with Gasteiger partial charge in [-0.15, -0.1) is 0 Å². The van der Waals surface area contributed by atoms with E-state index < -0.39 is 0 Å². The van der Waals surface area contributed by atoms with E-state index in [1.165, 1.54) is 0 Å². The number of hydrogen-bond acceptors (Lipinski definition) is 4. The lowest BCUT2D eigenvalue weighted by Gasteiger charge is -2.03. The molecule has 3 nitrogen and oxygen atoms in total. The number of hydrogen-bond donors (Lipinski definition) is 1. The van der Waals surface area contributed by atoms with Gasteiger partial charge in [-0.3, -0.25) is 4.79 Å². The fraction of sp³-hybridized carbons (Fsp3) is 0.900. The molecule has 0 bridgehead atoms. The van der Waals surface area contributed by atoms with Crippen LogP contribution in [-0.4, -0.2) is 37.7 Å². The SMILES string of the molecule is CC.CCCNCC(=O)OCCSC.[HH]. The molecule has 0 amide bonds. The van der Waals surface area contributed by atoms with Crippen molar-refractivity contribution in [3.05, 3.63) is 0 Å². The minimum Gasteiger partial charge on any atom is -0.464 e. The summed E-state index contributed by atoms with van der Waals surface area (Å²) in [6, 6.07) is 0. The number of rotatable bonds is 7. The fourth-order valence-corrected chi connectivity index (χ4v) is 0.907. The van der Waals surface area contributed by atoms with Gasteiger partial charge in [-0.2, -0.15) is 11.8 Å². The van der Waals surface area contributed by atoms with Crippen LogP contribution in [0.15, 0.2) is 0 Å². The first kappa shape index (κ1) is 16.2. The van der Waals surface area contributed by atoms with E-state index in [9.17, 15) is 4.79 Å². The van der Waals surface area contributed by atoms with Gasteiger partial charge in [0.05, 0.1) is 6.54 Å². The molecule has 0 aromatic rings. The van der Waals surface area contributed by atoms with Crippen molar-refractivity contribution >= 4 is 17.7 Å². The largest absolute Gasteiger partial charge is 0.464 e. The molecule has 0 aromatic carbocycles. The van der Waals surface area contributed by atoms with Crippen LogP contribution in [0.5, 0.6) is 0 Å². The molecule has 88 valence electrons. The third-order valence-electron chi connectivity index (χ3n) is 1.25. The number of carbonyl (C=O) groups excluding carboxylic acids is 1. The van der Waals surface area contributed by atoms with E-state index in [0.717, 1.165) is 18.7 Å². The third-order valence-corrected chi connectivity index (χ3v) is 1.82. The minimum atomic E-state index is -0.155. The third kappa shape index (κ3) is 14.3. The Kier molecular flexibility index (Phi) is 17.7. The molecular weight excluding hydrogens is 198 g/mol. The quantitative estimate of drug-likeness (QED) is 0.530. The number of carbonyl (C=O) groups is 1. The molecular formula is C10H25NO2S. The van der Waals surface area contributed by atoms with Crippen LogP contribution in [0.1, 0.15) is 28.6 Å². The van der Waals surface area contributed by atoms with Gasteiger partial charge >= 0.3 is 5.97 Å². The van der Waals surface area contributed by atoms with E-state index in [0.29, 0.717) is 13.2 Å². The van der Waals surface area contributed by atoms with E-state index in [2.05, 4.69) is 12.2 Å². The van der Waals surface area contributed by atoms with Crippen molar-refractivity contribution in [3.8, 4) is 0 Å². The highest BCUT2D eigenvalue weighted by Gasteiger charge is 1.99. The molecule has 0 saturated heterocycles. The van der Waals surface area contributed by atoms with Crippen LogP contribution >= 0.6 is 11.8 Å². The maximum Gasteiger partial charge on any atom is 0.319 e. The summed E-state index contributed by atoms with van der Waals surface area (Å²) in [4.78, 5) is 10.9. The highest BCUT2D eigenvalue weighted by molar-refractivity contribution is 7.98. The van der Waals surface area contributed by atoms with Gasteiger partial charge in [0.1, 0.15) is 6.61 Å². The van der Waals surface area contributed by atoms with E-state index in [1.807, 2.05) is 20.1 Å². The number of nitrogens with one attached hydrogen (secondary N) is 1. The second kappa shape index (κ2) is 15.3. The topological polar surface area (TPSA) is 38.3 Å². The lowest BCUT2D eigenvalue weighted by atomic mass is 10.5. The zero-order valence-electron chi connectivity index (χ0n) is 9.76. The molecule has 4 heteroatoms. The summed E-state index contributed by atoms with van der Waals surface area (Å²) in [7, 11) is 0. The van der Waals surface area contributed by atoms with Crippen LogP contribution in [0.25, 0.3) is 0 Å². The Morgan fingerprint density at radius 3 is 2.64 bits per heavy atom. The summed E-state index contributed by atoms with van der Waals surface area (Å²) in [5.74, 6) is 0.719. The van der Waals surface area contributed by atoms with Crippen LogP contribution < -0.4 is 5.32 Å². The summed E-state index contributed by atoms with van der Waals surface area (Å²) >= 11 is 1.67. The molecule has 14 heavy (non-hydrogen) atoms. The van der Waals surface area contributed by atoms with Crippen molar-refractivity contribution in [1.29, 1.82) is 0 Å². The first-order valence-electron chi connectivity index (χ1n) is 5.16. The first-order chi connectivity index (χ1) is 6.81. The normalized spacial score (nSPS) is 8.86. The van der Waals surface area contributed by atoms with E-state index in [1.54, 1.807) is 11.8 Å². The maximum atomic E-state index is 10.9. The van der Waals surface area contributed by atoms with Crippen molar-refractivity contribution < 1.29 is 11.0 Å². The molecule has 0 unspecified atom stereocenters. The fourth-order valence-electron chi connectivity index (χ4n) is 0.657. The van der Waals surface area contributed by atoms with Crippen LogP contribution in [0.4, 0.5) is 0 Å². The molecule has 0 spiro atoms. The Morgan fingerprint density at radius 1 is 1.50 bits per heavy atom. The number of ether oxygens (including phenoxy) is 1. The van der Waals surface area contributed by atoms with E-state index >= 15 is 0 Å². The molecule has 0 fully saturated rings. The maximum absolute atomic E-state index is 10.9. The summed E-state index contributed by atoms with van der Waals surface area (Å²) < 4.78 is 4.91. The summed E-state index contributed by atoms with van der Waals surface area (Å²) in [5.41, 5.74) is 0. The summed E-state index contributed by atoms with van der Waals surface area (Å²) in [5, 5.41) is 2.98. The first-order valence-corrected chi connectivity index (χ1v) is 6.56. The second-order valence-electron chi connectivity index (χ2n) is 2.39.